The second-order valence-electron chi connectivity index (χ2n) is 7.10. The zero-order chi connectivity index (χ0) is 16.3. The molecular weight excluding hydrogens is 266 g/mol. The largest absolute Gasteiger partial charge is 0.444 e. The van der Waals surface area contributed by atoms with Gasteiger partial charge in [-0.15, -0.1) is 0 Å². The monoisotopic (exact) mass is 291 g/mol. The molecule has 0 radical (unpaired) electrons. The van der Waals surface area contributed by atoms with Crippen molar-refractivity contribution in [2.45, 2.75) is 53.2 Å². The summed E-state index contributed by atoms with van der Waals surface area (Å²) >= 11 is 0. The number of carbonyl (C=O) groups is 2. The van der Waals surface area contributed by atoms with Gasteiger partial charge in [0, 0.05) is 5.41 Å². The van der Waals surface area contributed by atoms with E-state index < -0.39 is 23.2 Å². The van der Waals surface area contributed by atoms with Gasteiger partial charge in [-0.25, -0.2) is 4.79 Å². The Morgan fingerprint density at radius 2 is 1.52 bits per heavy atom. The molecule has 0 bridgehead atoms. The van der Waals surface area contributed by atoms with Crippen LogP contribution in [0.5, 0.6) is 0 Å². The van der Waals surface area contributed by atoms with Crippen molar-refractivity contribution in [2.75, 3.05) is 0 Å². The third kappa shape index (κ3) is 5.58. The van der Waals surface area contributed by atoms with Crippen LogP contribution in [0.1, 0.15) is 53.1 Å². The van der Waals surface area contributed by atoms with Crippen LogP contribution in [0.4, 0.5) is 4.79 Å². The first-order chi connectivity index (χ1) is 9.50. The predicted octanol–water partition coefficient (Wildman–Crippen LogP) is 3.87. The fraction of sp³-hybridized carbons (Fsp3) is 0.529. The molecule has 0 heterocycles. The predicted molar refractivity (Wildman–Crippen MR) is 83.0 cm³/mol. The van der Waals surface area contributed by atoms with Gasteiger partial charge in [0.15, 0.2) is 5.78 Å². The molecule has 0 saturated carbocycles. The number of nitrogens with one attached hydrogen (secondary N) is 1. The molecule has 21 heavy (non-hydrogen) atoms. The van der Waals surface area contributed by atoms with Crippen LogP contribution in [0.15, 0.2) is 30.3 Å². The summed E-state index contributed by atoms with van der Waals surface area (Å²) in [6.07, 6.45) is -0.589. The first-order valence-electron chi connectivity index (χ1n) is 7.09. The average Bonchev–Trinajstić information content (AvgIpc) is 2.33. The molecule has 0 unspecified atom stereocenters. The number of Topliss-reactive ketones (excluding diaryl/α,β-unsaturated/α-hetero) is 1. The van der Waals surface area contributed by atoms with Gasteiger partial charge in [-0.1, -0.05) is 51.1 Å². The van der Waals surface area contributed by atoms with Crippen molar-refractivity contribution in [1.29, 1.82) is 0 Å². The van der Waals surface area contributed by atoms with Crippen LogP contribution in [0.3, 0.4) is 0 Å². The normalized spacial score (nSPS) is 13.4. The smallest absolute Gasteiger partial charge is 0.408 e. The highest BCUT2D eigenvalue weighted by molar-refractivity contribution is 5.92. The van der Waals surface area contributed by atoms with E-state index in [0.29, 0.717) is 0 Å². The molecule has 0 aliphatic heterocycles. The van der Waals surface area contributed by atoms with Gasteiger partial charge >= 0.3 is 6.09 Å². The van der Waals surface area contributed by atoms with E-state index in [0.717, 1.165) is 5.56 Å². The van der Waals surface area contributed by atoms with Crippen LogP contribution in [0, 0.1) is 5.41 Å². The molecule has 4 nitrogen and oxygen atoms in total. The minimum absolute atomic E-state index is 0.0560. The molecule has 1 aromatic rings. The maximum atomic E-state index is 12.6. The van der Waals surface area contributed by atoms with Crippen LogP contribution in [-0.2, 0) is 9.53 Å². The van der Waals surface area contributed by atoms with Crippen LogP contribution >= 0.6 is 0 Å². The summed E-state index contributed by atoms with van der Waals surface area (Å²) in [4.78, 5) is 24.6. The SMILES string of the molecule is CC(C)(C)OC(=O)N[C@H](C(=O)C(C)(C)C)c1ccccc1. The molecule has 1 rings (SSSR count). The van der Waals surface area contributed by atoms with Crippen molar-refractivity contribution in [2.24, 2.45) is 5.41 Å². The Bertz CT molecular complexity index is 495. The summed E-state index contributed by atoms with van der Waals surface area (Å²) in [7, 11) is 0. The van der Waals surface area contributed by atoms with Gasteiger partial charge in [0.25, 0.3) is 0 Å². The van der Waals surface area contributed by atoms with E-state index in [1.165, 1.54) is 0 Å². The lowest BCUT2D eigenvalue weighted by Crippen LogP contribution is -2.41. The van der Waals surface area contributed by atoms with Gasteiger partial charge in [0.05, 0.1) is 0 Å². The lowest BCUT2D eigenvalue weighted by atomic mass is 9.84. The van der Waals surface area contributed by atoms with Crippen molar-refractivity contribution in [1.82, 2.24) is 5.32 Å². The summed E-state index contributed by atoms with van der Waals surface area (Å²) in [5, 5.41) is 2.69. The summed E-state index contributed by atoms with van der Waals surface area (Å²) in [5.74, 6) is -0.0560. The summed E-state index contributed by atoms with van der Waals surface area (Å²) in [6, 6.07) is 8.50. The quantitative estimate of drug-likeness (QED) is 0.919. The molecule has 0 aromatic heterocycles. The highest BCUT2D eigenvalue weighted by Gasteiger charge is 2.32. The fourth-order valence-electron chi connectivity index (χ4n) is 1.80. The highest BCUT2D eigenvalue weighted by atomic mass is 16.6. The van der Waals surface area contributed by atoms with E-state index >= 15 is 0 Å². The molecule has 0 aliphatic rings. The summed E-state index contributed by atoms with van der Waals surface area (Å²) in [5.41, 5.74) is -0.408. The van der Waals surface area contributed by atoms with Crippen molar-refractivity contribution < 1.29 is 14.3 Å². The summed E-state index contributed by atoms with van der Waals surface area (Å²) < 4.78 is 5.25. The number of amides is 1. The second kappa shape index (κ2) is 6.29. The maximum Gasteiger partial charge on any atom is 0.408 e. The van der Waals surface area contributed by atoms with Crippen LogP contribution in [0.25, 0.3) is 0 Å². The number of ether oxygens (including phenoxy) is 1. The van der Waals surface area contributed by atoms with Crippen molar-refractivity contribution in [3.8, 4) is 0 Å². The van der Waals surface area contributed by atoms with E-state index in [1.807, 2.05) is 51.1 Å². The van der Waals surface area contributed by atoms with E-state index in [9.17, 15) is 9.59 Å². The Balaban J connectivity index is 2.99. The van der Waals surface area contributed by atoms with E-state index in [-0.39, 0.29) is 5.78 Å². The molecule has 0 aliphatic carbocycles. The molecule has 1 amide bonds. The molecule has 0 saturated heterocycles. The molecule has 116 valence electrons. The minimum Gasteiger partial charge on any atom is -0.444 e. The van der Waals surface area contributed by atoms with E-state index in [4.69, 9.17) is 4.74 Å². The molecule has 4 heteroatoms. The number of benzene rings is 1. The molecule has 1 N–H and O–H groups in total. The first-order valence-corrected chi connectivity index (χ1v) is 7.09. The van der Waals surface area contributed by atoms with Gasteiger partial charge < -0.3 is 10.1 Å². The third-order valence-corrected chi connectivity index (χ3v) is 2.80. The Hall–Kier alpha value is -1.84. The van der Waals surface area contributed by atoms with Gasteiger partial charge in [-0.3, -0.25) is 4.79 Å². The van der Waals surface area contributed by atoms with E-state index in [2.05, 4.69) is 5.32 Å². The fourth-order valence-corrected chi connectivity index (χ4v) is 1.80. The maximum absolute atomic E-state index is 12.6. The topological polar surface area (TPSA) is 55.4 Å². The zero-order valence-electron chi connectivity index (χ0n) is 13.7. The lowest BCUT2D eigenvalue weighted by Gasteiger charge is -2.27. The average molecular weight is 291 g/mol. The van der Waals surface area contributed by atoms with Crippen molar-refractivity contribution in [3.05, 3.63) is 35.9 Å². The number of rotatable bonds is 3. The van der Waals surface area contributed by atoms with E-state index in [1.54, 1.807) is 20.8 Å². The van der Waals surface area contributed by atoms with Gasteiger partial charge in [0.2, 0.25) is 0 Å². The Morgan fingerprint density at radius 3 is 1.95 bits per heavy atom. The van der Waals surface area contributed by atoms with Gasteiger partial charge in [-0.05, 0) is 26.3 Å². The number of hydrogen-bond acceptors (Lipinski definition) is 3. The Morgan fingerprint density at radius 1 is 1.00 bits per heavy atom. The van der Waals surface area contributed by atoms with Gasteiger partial charge in [0.1, 0.15) is 11.6 Å². The molecule has 0 fully saturated rings. The number of alkyl carbamates (subject to hydrolysis) is 1. The highest BCUT2D eigenvalue weighted by Crippen LogP contribution is 2.26. The molecular formula is C17H25NO3. The minimum atomic E-state index is -0.707. The van der Waals surface area contributed by atoms with Gasteiger partial charge in [-0.2, -0.15) is 0 Å². The number of ketones is 1. The molecule has 0 spiro atoms. The second-order valence-corrected chi connectivity index (χ2v) is 7.10. The van der Waals surface area contributed by atoms with Crippen molar-refractivity contribution >= 4 is 11.9 Å². The Labute approximate surface area is 126 Å². The number of hydrogen-bond donors (Lipinski definition) is 1. The number of carbonyl (C=O) groups excluding carboxylic acids is 2. The zero-order valence-corrected chi connectivity index (χ0v) is 13.7. The lowest BCUT2D eigenvalue weighted by molar-refractivity contribution is -0.128. The molecule has 1 atom stereocenters. The van der Waals surface area contributed by atoms with Crippen LogP contribution < -0.4 is 5.32 Å². The van der Waals surface area contributed by atoms with Crippen LogP contribution in [0.2, 0.25) is 0 Å². The summed E-state index contributed by atoms with van der Waals surface area (Å²) in [6.45, 7) is 10.9. The van der Waals surface area contributed by atoms with Crippen LogP contribution in [-0.4, -0.2) is 17.5 Å². The molecule has 1 aromatic carbocycles. The third-order valence-electron chi connectivity index (χ3n) is 2.80. The standard InChI is InChI=1S/C17H25NO3/c1-16(2,3)14(19)13(12-10-8-7-9-11-12)18-15(20)21-17(4,5)6/h7-11,13H,1-6H3,(H,18,20)/t13-/m0/s1. The Kier molecular flexibility index (Phi) is 5.15. The first kappa shape index (κ1) is 17.2. The van der Waals surface area contributed by atoms with Crippen molar-refractivity contribution in [3.63, 3.8) is 0 Å².